The maximum atomic E-state index is 12.4. The van der Waals surface area contributed by atoms with E-state index in [0.717, 1.165) is 5.56 Å². The second-order valence-corrected chi connectivity index (χ2v) is 7.71. The number of amides is 1. The van der Waals surface area contributed by atoms with Gasteiger partial charge in [0.25, 0.3) is 0 Å². The molecule has 130 valence electrons. The summed E-state index contributed by atoms with van der Waals surface area (Å²) in [6.45, 7) is 8.53. The first-order valence-electron chi connectivity index (χ1n) is 8.34. The van der Waals surface area contributed by atoms with E-state index in [1.807, 2.05) is 33.8 Å². The maximum Gasteiger partial charge on any atom is 0.410 e. The fourth-order valence-corrected chi connectivity index (χ4v) is 3.18. The van der Waals surface area contributed by atoms with E-state index in [1.165, 1.54) is 0 Å². The van der Waals surface area contributed by atoms with E-state index in [1.54, 1.807) is 11.1 Å². The molecule has 0 N–H and O–H groups in total. The molecule has 0 unspecified atom stereocenters. The number of Topliss-reactive ketones (excluding diaryl/α,β-unsaturated/α-hetero) is 1. The number of piperidine rings is 1. The molecule has 1 amide bonds. The van der Waals surface area contributed by atoms with Crippen molar-refractivity contribution in [2.24, 2.45) is 0 Å². The van der Waals surface area contributed by atoms with Gasteiger partial charge < -0.3 is 14.4 Å². The van der Waals surface area contributed by atoms with Crippen LogP contribution in [0.3, 0.4) is 0 Å². The van der Waals surface area contributed by atoms with Gasteiger partial charge >= 0.3 is 6.09 Å². The lowest BCUT2D eigenvalue weighted by atomic mass is 9.83. The second kappa shape index (κ2) is 5.76. The third-order valence-corrected chi connectivity index (χ3v) is 4.39. The summed E-state index contributed by atoms with van der Waals surface area (Å²) in [6.07, 6.45) is 2.93. The van der Waals surface area contributed by atoms with Gasteiger partial charge in [-0.05, 0) is 39.3 Å². The summed E-state index contributed by atoms with van der Waals surface area (Å²) in [5.74, 6) is 0.582. The monoisotopic (exact) mass is 332 g/mol. The molecule has 1 aromatic rings. The molecule has 1 fully saturated rings. The Bertz CT molecular complexity index is 670. The van der Waals surface area contributed by atoms with Gasteiger partial charge in [0.15, 0.2) is 5.78 Å². The Morgan fingerprint density at radius 1 is 1.33 bits per heavy atom. The molecular weight excluding hydrogens is 308 g/mol. The van der Waals surface area contributed by atoms with Gasteiger partial charge in [-0.3, -0.25) is 4.79 Å². The average molecular weight is 332 g/mol. The van der Waals surface area contributed by atoms with Crippen LogP contribution in [0.25, 0.3) is 0 Å². The third-order valence-electron chi connectivity index (χ3n) is 4.39. The number of likely N-dealkylation sites (tertiary alicyclic amines) is 1. The van der Waals surface area contributed by atoms with Crippen molar-refractivity contribution in [3.63, 3.8) is 0 Å². The lowest BCUT2D eigenvalue weighted by molar-refractivity contribution is -0.0230. The molecule has 6 nitrogen and oxygen atoms in total. The normalized spacial score (nSPS) is 19.7. The molecule has 0 bridgehead atoms. The van der Waals surface area contributed by atoms with Crippen LogP contribution in [-0.4, -0.2) is 46.1 Å². The highest BCUT2D eigenvalue weighted by Gasteiger charge is 2.44. The molecule has 2 aliphatic heterocycles. The summed E-state index contributed by atoms with van der Waals surface area (Å²) in [5.41, 5.74) is 0.342. The number of nitrogens with zero attached hydrogens (tertiary/aromatic N) is 2. The van der Waals surface area contributed by atoms with Gasteiger partial charge in [0.05, 0.1) is 6.42 Å². The molecule has 1 saturated heterocycles. The van der Waals surface area contributed by atoms with E-state index in [9.17, 15) is 9.59 Å². The number of aryl methyl sites for hydroxylation is 1. The number of aromatic nitrogens is 1. The van der Waals surface area contributed by atoms with Crippen LogP contribution in [0.15, 0.2) is 12.3 Å². The Morgan fingerprint density at radius 3 is 2.62 bits per heavy atom. The van der Waals surface area contributed by atoms with Gasteiger partial charge in [-0.2, -0.15) is 0 Å². The van der Waals surface area contributed by atoms with Gasteiger partial charge in [-0.25, -0.2) is 9.78 Å². The van der Waals surface area contributed by atoms with Gasteiger partial charge in [0.1, 0.15) is 22.6 Å². The molecule has 2 aliphatic rings. The highest BCUT2D eigenvalue weighted by molar-refractivity contribution is 5.98. The van der Waals surface area contributed by atoms with Crippen LogP contribution in [0.1, 0.15) is 56.1 Å². The highest BCUT2D eigenvalue weighted by Crippen LogP contribution is 2.39. The van der Waals surface area contributed by atoms with Crippen LogP contribution in [-0.2, 0) is 4.74 Å². The summed E-state index contributed by atoms with van der Waals surface area (Å²) in [5, 5.41) is 0. The van der Waals surface area contributed by atoms with E-state index in [4.69, 9.17) is 9.47 Å². The second-order valence-electron chi connectivity index (χ2n) is 7.71. The molecular formula is C18H24N2O4. The van der Waals surface area contributed by atoms with Crippen LogP contribution in [0, 0.1) is 6.92 Å². The Kier molecular flexibility index (Phi) is 4.01. The van der Waals surface area contributed by atoms with Crippen molar-refractivity contribution in [2.45, 2.75) is 58.2 Å². The van der Waals surface area contributed by atoms with Crippen molar-refractivity contribution in [3.05, 3.63) is 23.5 Å². The van der Waals surface area contributed by atoms with Crippen LogP contribution >= 0.6 is 0 Å². The van der Waals surface area contributed by atoms with Crippen molar-refractivity contribution < 1.29 is 19.1 Å². The first-order chi connectivity index (χ1) is 11.2. The van der Waals surface area contributed by atoms with Crippen LogP contribution < -0.4 is 4.74 Å². The maximum absolute atomic E-state index is 12.4. The zero-order chi connectivity index (χ0) is 17.5. The van der Waals surface area contributed by atoms with E-state index >= 15 is 0 Å². The van der Waals surface area contributed by atoms with Crippen molar-refractivity contribution in [1.82, 2.24) is 9.88 Å². The highest BCUT2D eigenvalue weighted by atomic mass is 16.6. The quantitative estimate of drug-likeness (QED) is 0.730. The topological polar surface area (TPSA) is 68.7 Å². The molecule has 0 aliphatic carbocycles. The van der Waals surface area contributed by atoms with Gasteiger partial charge in [-0.15, -0.1) is 0 Å². The first kappa shape index (κ1) is 16.7. The summed E-state index contributed by atoms with van der Waals surface area (Å²) in [7, 11) is 0. The van der Waals surface area contributed by atoms with Crippen molar-refractivity contribution in [3.8, 4) is 5.75 Å². The molecule has 3 heterocycles. The first-order valence-corrected chi connectivity index (χ1v) is 8.34. The number of ether oxygens (including phenoxy) is 2. The van der Waals surface area contributed by atoms with Crippen LogP contribution in [0.5, 0.6) is 5.75 Å². The molecule has 0 radical (unpaired) electrons. The minimum Gasteiger partial charge on any atom is -0.484 e. The number of carbonyl (C=O) groups excluding carboxylic acids is 2. The number of ketones is 1. The SMILES string of the molecule is Cc1cnc2c(c1)OC1(CCN(C(=O)OC(C)(C)C)CC1)CC2=O. The predicted molar refractivity (Wildman–Crippen MR) is 88.3 cm³/mol. The van der Waals surface area contributed by atoms with E-state index in [-0.39, 0.29) is 11.9 Å². The molecule has 0 saturated carbocycles. The minimum atomic E-state index is -0.530. The number of carbonyl (C=O) groups is 2. The largest absolute Gasteiger partial charge is 0.484 e. The molecule has 1 spiro atoms. The Labute approximate surface area is 142 Å². The fraction of sp³-hybridized carbons (Fsp3) is 0.611. The number of hydrogen-bond donors (Lipinski definition) is 0. The molecule has 3 rings (SSSR count). The van der Waals surface area contributed by atoms with Gasteiger partial charge in [0, 0.05) is 32.1 Å². The van der Waals surface area contributed by atoms with Crippen molar-refractivity contribution >= 4 is 11.9 Å². The number of fused-ring (bicyclic) bond motifs is 1. The van der Waals surface area contributed by atoms with Gasteiger partial charge in [-0.1, -0.05) is 0 Å². The zero-order valence-electron chi connectivity index (χ0n) is 14.7. The Balaban J connectivity index is 1.70. The number of hydrogen-bond acceptors (Lipinski definition) is 5. The lowest BCUT2D eigenvalue weighted by Gasteiger charge is -2.43. The molecule has 0 atom stereocenters. The predicted octanol–water partition coefficient (Wildman–Crippen LogP) is 3.12. The average Bonchev–Trinajstić information content (AvgIpc) is 2.45. The van der Waals surface area contributed by atoms with Crippen LogP contribution in [0.2, 0.25) is 0 Å². The summed E-state index contributed by atoms with van der Waals surface area (Å²) in [6, 6.07) is 1.86. The molecule has 24 heavy (non-hydrogen) atoms. The summed E-state index contributed by atoms with van der Waals surface area (Å²) in [4.78, 5) is 30.5. The van der Waals surface area contributed by atoms with Crippen molar-refractivity contribution in [1.29, 1.82) is 0 Å². The van der Waals surface area contributed by atoms with Crippen molar-refractivity contribution in [2.75, 3.05) is 13.1 Å². The smallest absolute Gasteiger partial charge is 0.410 e. The van der Waals surface area contributed by atoms with E-state index in [2.05, 4.69) is 4.98 Å². The summed E-state index contributed by atoms with van der Waals surface area (Å²) < 4.78 is 11.6. The van der Waals surface area contributed by atoms with Gasteiger partial charge in [0.2, 0.25) is 0 Å². The van der Waals surface area contributed by atoms with E-state index in [0.29, 0.717) is 43.8 Å². The Morgan fingerprint density at radius 2 is 2.00 bits per heavy atom. The van der Waals surface area contributed by atoms with E-state index < -0.39 is 11.2 Å². The summed E-state index contributed by atoms with van der Waals surface area (Å²) >= 11 is 0. The zero-order valence-corrected chi connectivity index (χ0v) is 14.7. The van der Waals surface area contributed by atoms with Crippen LogP contribution in [0.4, 0.5) is 4.79 Å². The molecule has 0 aromatic carbocycles. The fourth-order valence-electron chi connectivity index (χ4n) is 3.18. The lowest BCUT2D eigenvalue weighted by Crippen LogP contribution is -2.53. The number of rotatable bonds is 0. The third kappa shape index (κ3) is 3.37. The standard InChI is InChI=1S/C18H24N2O4/c1-12-9-14-15(19-11-12)13(21)10-18(23-14)5-7-20(8-6-18)16(22)24-17(2,3)4/h9,11H,5-8,10H2,1-4H3. The molecule has 1 aromatic heterocycles. The Hall–Kier alpha value is -2.11. The molecule has 6 heteroatoms. The minimum absolute atomic E-state index is 0.0157. The number of pyridine rings is 1.